The van der Waals surface area contributed by atoms with Gasteiger partial charge in [0.15, 0.2) is 11.5 Å². The molecule has 0 aromatic heterocycles. The molecule has 1 atom stereocenters. The zero-order chi connectivity index (χ0) is 22.3. The number of rotatable bonds is 4. The van der Waals surface area contributed by atoms with Gasteiger partial charge in [-0.25, -0.2) is 8.42 Å². The van der Waals surface area contributed by atoms with E-state index in [-0.39, 0.29) is 23.4 Å². The molecule has 0 saturated carbocycles. The van der Waals surface area contributed by atoms with Gasteiger partial charge in [0.05, 0.1) is 11.4 Å². The van der Waals surface area contributed by atoms with Crippen LogP contribution in [-0.4, -0.2) is 75.5 Å². The van der Waals surface area contributed by atoms with Crippen molar-refractivity contribution in [3.63, 3.8) is 0 Å². The first-order valence-corrected chi connectivity index (χ1v) is 12.4. The van der Waals surface area contributed by atoms with E-state index in [1.165, 1.54) is 15.9 Å². The molecule has 0 spiro atoms. The highest BCUT2D eigenvalue weighted by Crippen LogP contribution is 2.34. The standard InChI is InChI=1S/C23H27N3O5S/c1-17-14-18-4-2-3-5-20(18)26(17)23(27)16-24-8-10-25(11-9-24)32(28,29)19-6-7-21-22(15-19)31-13-12-30-21/h2-7,15,17H,8-14,16H2,1H3. The van der Waals surface area contributed by atoms with Crippen molar-refractivity contribution in [3.05, 3.63) is 48.0 Å². The number of anilines is 1. The molecule has 0 N–H and O–H groups in total. The molecule has 2 aromatic rings. The Morgan fingerprint density at radius 1 is 1.00 bits per heavy atom. The number of hydrogen-bond donors (Lipinski definition) is 0. The van der Waals surface area contributed by atoms with Crippen molar-refractivity contribution in [2.75, 3.05) is 50.8 Å². The first-order chi connectivity index (χ1) is 15.4. The van der Waals surface area contributed by atoms with Gasteiger partial charge in [-0.3, -0.25) is 9.69 Å². The van der Waals surface area contributed by atoms with Gasteiger partial charge in [-0.05, 0) is 37.1 Å². The van der Waals surface area contributed by atoms with Crippen molar-refractivity contribution in [1.29, 1.82) is 0 Å². The van der Waals surface area contributed by atoms with E-state index >= 15 is 0 Å². The summed E-state index contributed by atoms with van der Waals surface area (Å²) in [6.45, 7) is 4.93. The number of benzene rings is 2. The minimum atomic E-state index is -3.64. The largest absolute Gasteiger partial charge is 0.486 e. The van der Waals surface area contributed by atoms with Gasteiger partial charge in [-0.1, -0.05) is 18.2 Å². The van der Waals surface area contributed by atoms with Crippen molar-refractivity contribution in [2.24, 2.45) is 0 Å². The summed E-state index contributed by atoms with van der Waals surface area (Å²) < 4.78 is 38.7. The first-order valence-electron chi connectivity index (χ1n) is 11.0. The van der Waals surface area contributed by atoms with Gasteiger partial charge in [0, 0.05) is 44.0 Å². The maximum atomic E-state index is 13.1. The van der Waals surface area contributed by atoms with Gasteiger partial charge in [-0.15, -0.1) is 0 Å². The lowest BCUT2D eigenvalue weighted by atomic mass is 10.1. The zero-order valence-corrected chi connectivity index (χ0v) is 18.9. The van der Waals surface area contributed by atoms with Crippen LogP contribution in [0.1, 0.15) is 12.5 Å². The zero-order valence-electron chi connectivity index (χ0n) is 18.1. The smallest absolute Gasteiger partial charge is 0.243 e. The number of ether oxygens (including phenoxy) is 2. The third-order valence-corrected chi connectivity index (χ3v) is 8.21. The maximum Gasteiger partial charge on any atom is 0.243 e. The second-order valence-electron chi connectivity index (χ2n) is 8.43. The van der Waals surface area contributed by atoms with Crippen LogP contribution in [0, 0.1) is 0 Å². The molecule has 3 heterocycles. The molecule has 0 bridgehead atoms. The normalized spacial score (nSPS) is 21.4. The average molecular weight is 458 g/mol. The van der Waals surface area contributed by atoms with Crippen LogP contribution in [0.2, 0.25) is 0 Å². The van der Waals surface area contributed by atoms with Crippen LogP contribution in [0.15, 0.2) is 47.4 Å². The lowest BCUT2D eigenvalue weighted by Crippen LogP contribution is -2.52. The lowest BCUT2D eigenvalue weighted by molar-refractivity contribution is -0.120. The van der Waals surface area contributed by atoms with Crippen molar-refractivity contribution < 1.29 is 22.7 Å². The lowest BCUT2D eigenvalue weighted by Gasteiger charge is -2.35. The molecule has 32 heavy (non-hydrogen) atoms. The number of nitrogens with zero attached hydrogens (tertiary/aromatic N) is 3. The Labute approximate surface area is 188 Å². The highest BCUT2D eigenvalue weighted by molar-refractivity contribution is 7.89. The van der Waals surface area contributed by atoms with E-state index < -0.39 is 10.0 Å². The summed E-state index contributed by atoms with van der Waals surface area (Å²) in [5.74, 6) is 1.09. The third kappa shape index (κ3) is 3.85. The molecule has 1 amide bonds. The molecule has 8 nitrogen and oxygen atoms in total. The fraction of sp³-hybridized carbons (Fsp3) is 0.435. The van der Waals surface area contributed by atoms with Gasteiger partial charge in [0.1, 0.15) is 13.2 Å². The molecule has 3 aliphatic heterocycles. The summed E-state index contributed by atoms with van der Waals surface area (Å²) in [6, 6.07) is 12.9. The quantitative estimate of drug-likeness (QED) is 0.696. The van der Waals surface area contributed by atoms with Crippen molar-refractivity contribution in [1.82, 2.24) is 9.21 Å². The summed E-state index contributed by atoms with van der Waals surface area (Å²) in [5, 5.41) is 0. The minimum Gasteiger partial charge on any atom is -0.486 e. The average Bonchev–Trinajstić information content (AvgIpc) is 3.15. The third-order valence-electron chi connectivity index (χ3n) is 6.32. The van der Waals surface area contributed by atoms with Gasteiger partial charge in [0.2, 0.25) is 15.9 Å². The Morgan fingerprint density at radius 3 is 2.50 bits per heavy atom. The molecule has 0 aliphatic carbocycles. The summed E-state index contributed by atoms with van der Waals surface area (Å²) >= 11 is 0. The molecular weight excluding hydrogens is 430 g/mol. The maximum absolute atomic E-state index is 13.1. The van der Waals surface area contributed by atoms with E-state index in [0.717, 1.165) is 12.1 Å². The molecule has 9 heteroatoms. The number of para-hydroxylation sites is 1. The molecular formula is C23H27N3O5S. The van der Waals surface area contributed by atoms with E-state index in [0.29, 0.717) is 50.9 Å². The number of amides is 1. The Bertz CT molecular complexity index is 1130. The molecule has 0 radical (unpaired) electrons. The predicted molar refractivity (Wildman–Crippen MR) is 120 cm³/mol. The number of sulfonamides is 1. The highest BCUT2D eigenvalue weighted by Gasteiger charge is 2.34. The van der Waals surface area contributed by atoms with Crippen LogP contribution in [-0.2, 0) is 21.2 Å². The Hall–Kier alpha value is -2.62. The number of fused-ring (bicyclic) bond motifs is 2. The van der Waals surface area contributed by atoms with Crippen LogP contribution in [0.5, 0.6) is 11.5 Å². The molecule has 2 aromatic carbocycles. The summed E-state index contributed by atoms with van der Waals surface area (Å²) in [6.07, 6.45) is 0.865. The van der Waals surface area contributed by atoms with Gasteiger partial charge in [0.25, 0.3) is 0 Å². The van der Waals surface area contributed by atoms with E-state index in [1.54, 1.807) is 12.1 Å². The van der Waals surface area contributed by atoms with Crippen LogP contribution in [0.4, 0.5) is 5.69 Å². The Morgan fingerprint density at radius 2 is 1.72 bits per heavy atom. The van der Waals surface area contributed by atoms with Crippen molar-refractivity contribution >= 4 is 21.6 Å². The Balaban J connectivity index is 1.22. The topological polar surface area (TPSA) is 79.4 Å². The van der Waals surface area contributed by atoms with Crippen LogP contribution < -0.4 is 14.4 Å². The van der Waals surface area contributed by atoms with Crippen molar-refractivity contribution in [3.8, 4) is 11.5 Å². The fourth-order valence-corrected chi connectivity index (χ4v) is 6.11. The second-order valence-corrected chi connectivity index (χ2v) is 10.4. The first kappa shape index (κ1) is 21.2. The molecule has 5 rings (SSSR count). The molecule has 1 fully saturated rings. The second kappa shape index (κ2) is 8.38. The SMILES string of the molecule is CC1Cc2ccccc2N1C(=O)CN1CCN(S(=O)(=O)c2ccc3c(c2)OCCO3)CC1. The molecule has 170 valence electrons. The van der Waals surface area contributed by atoms with E-state index in [2.05, 4.69) is 13.0 Å². The number of piperazine rings is 1. The van der Waals surface area contributed by atoms with E-state index in [1.807, 2.05) is 28.0 Å². The molecule has 1 saturated heterocycles. The fourth-order valence-electron chi connectivity index (χ4n) is 4.67. The van der Waals surface area contributed by atoms with E-state index in [9.17, 15) is 13.2 Å². The highest BCUT2D eigenvalue weighted by atomic mass is 32.2. The number of hydrogen-bond acceptors (Lipinski definition) is 6. The summed E-state index contributed by atoms with van der Waals surface area (Å²) in [4.78, 5) is 17.2. The van der Waals surface area contributed by atoms with Gasteiger partial charge in [-0.2, -0.15) is 4.31 Å². The van der Waals surface area contributed by atoms with E-state index in [4.69, 9.17) is 9.47 Å². The van der Waals surface area contributed by atoms with Crippen LogP contribution >= 0.6 is 0 Å². The number of carbonyl (C=O) groups excluding carboxylic acids is 1. The monoisotopic (exact) mass is 457 g/mol. The molecule has 3 aliphatic rings. The van der Waals surface area contributed by atoms with Gasteiger partial charge < -0.3 is 14.4 Å². The van der Waals surface area contributed by atoms with Crippen LogP contribution in [0.3, 0.4) is 0 Å². The number of carbonyl (C=O) groups is 1. The molecule has 1 unspecified atom stereocenters. The summed E-state index contributed by atoms with van der Waals surface area (Å²) in [7, 11) is -3.64. The van der Waals surface area contributed by atoms with Gasteiger partial charge >= 0.3 is 0 Å². The van der Waals surface area contributed by atoms with Crippen molar-refractivity contribution in [2.45, 2.75) is 24.3 Å². The van der Waals surface area contributed by atoms with Crippen LogP contribution in [0.25, 0.3) is 0 Å². The summed E-state index contributed by atoms with van der Waals surface area (Å²) in [5.41, 5.74) is 2.19. The predicted octanol–water partition coefficient (Wildman–Crippen LogP) is 1.74. The minimum absolute atomic E-state index is 0.0607. The Kier molecular flexibility index (Phi) is 5.56.